The molecule has 0 unspecified atom stereocenters. The smallest absolute Gasteiger partial charge is 0.276 e. The molecule has 0 amide bonds. The molecule has 104 valence electrons. The number of hydrogen-bond donors (Lipinski definition) is 0. The lowest BCUT2D eigenvalue weighted by atomic mass is 10.2. The molecule has 2 aliphatic rings. The summed E-state index contributed by atoms with van der Waals surface area (Å²) in [6.07, 6.45) is 2.30. The summed E-state index contributed by atoms with van der Waals surface area (Å²) in [7, 11) is 3.72. The van der Waals surface area contributed by atoms with Crippen molar-refractivity contribution in [2.24, 2.45) is 10.1 Å². The van der Waals surface area contributed by atoms with Crippen LogP contribution in [0.4, 0.5) is 0 Å². The number of rotatable bonds is 3. The molecule has 0 radical (unpaired) electrons. The summed E-state index contributed by atoms with van der Waals surface area (Å²) in [5, 5.41) is 14.0. The minimum Gasteiger partial charge on any atom is -0.328 e. The molecule has 0 aliphatic carbocycles. The topological polar surface area (TPSA) is 77.6 Å². The number of hydrazone groups is 1. The Morgan fingerprint density at radius 1 is 1.53 bits per heavy atom. The summed E-state index contributed by atoms with van der Waals surface area (Å²) in [5.41, 5.74) is 1.02. The van der Waals surface area contributed by atoms with Gasteiger partial charge in [0, 0.05) is 26.2 Å². The highest BCUT2D eigenvalue weighted by Crippen LogP contribution is 2.17. The van der Waals surface area contributed by atoms with Crippen molar-refractivity contribution in [1.29, 1.82) is 0 Å². The molecule has 2 heterocycles. The second-order valence-corrected chi connectivity index (χ2v) is 5.08. The summed E-state index contributed by atoms with van der Waals surface area (Å²) in [4.78, 5) is 20.2. The van der Waals surface area contributed by atoms with Gasteiger partial charge in [0.25, 0.3) is 5.96 Å². The molecule has 0 aromatic heterocycles. The highest BCUT2D eigenvalue weighted by Gasteiger charge is 2.28. The Hall–Kier alpha value is -1.67. The number of aliphatic imine (C=N–C) groups is 1. The van der Waals surface area contributed by atoms with Gasteiger partial charge in [0.1, 0.15) is 10.3 Å². The van der Waals surface area contributed by atoms with E-state index in [0.29, 0.717) is 37.4 Å². The zero-order chi connectivity index (χ0) is 14.0. The number of halogens is 1. The first-order valence-corrected chi connectivity index (χ1v) is 6.11. The van der Waals surface area contributed by atoms with E-state index in [0.717, 1.165) is 5.57 Å². The van der Waals surface area contributed by atoms with Crippen molar-refractivity contribution in [3.8, 4) is 0 Å². The molecule has 1 saturated heterocycles. The average molecular weight is 287 g/mol. The molecule has 0 bridgehead atoms. The molecular weight excluding hydrogens is 272 g/mol. The van der Waals surface area contributed by atoms with Crippen LogP contribution in [0.15, 0.2) is 21.9 Å². The van der Waals surface area contributed by atoms with Gasteiger partial charge in [0.2, 0.25) is 0 Å². The maximum atomic E-state index is 10.6. The second-order valence-electron chi connectivity index (χ2n) is 4.64. The fourth-order valence-electron chi connectivity index (χ4n) is 2.18. The van der Waals surface area contributed by atoms with Crippen LogP contribution in [0.3, 0.4) is 0 Å². The number of nitrogens with zero attached hydrogens (tertiary/aromatic N) is 6. The molecule has 1 fully saturated rings. The number of guanidine groups is 1. The van der Waals surface area contributed by atoms with Crippen molar-refractivity contribution in [1.82, 2.24) is 14.7 Å². The molecule has 0 N–H and O–H groups in total. The zero-order valence-electron chi connectivity index (χ0n) is 10.8. The first-order chi connectivity index (χ1) is 8.95. The molecule has 0 spiro atoms. The SMILES string of the molecule is CN1CN(C)/C(=N\[N+](=O)[O-])N(CC2=CN=C(Cl)C2)C1. The van der Waals surface area contributed by atoms with Crippen molar-refractivity contribution in [3.63, 3.8) is 0 Å². The van der Waals surface area contributed by atoms with Gasteiger partial charge in [0.15, 0.2) is 5.03 Å². The van der Waals surface area contributed by atoms with E-state index < -0.39 is 5.03 Å². The fraction of sp³-hybridized carbons (Fsp3) is 0.600. The Balaban J connectivity index is 2.12. The molecule has 0 aromatic carbocycles. The lowest BCUT2D eigenvalue weighted by Gasteiger charge is -2.40. The standard InChI is InChI=1S/C10H15ClN6O2/c1-14-6-15(2)10(13-17(18)19)16(7-14)5-8-3-9(11)12-4-8/h4H,3,5-7H2,1-2H3/b13-10+. The summed E-state index contributed by atoms with van der Waals surface area (Å²) < 4.78 is 0. The average Bonchev–Trinajstić information content (AvgIpc) is 2.69. The largest absolute Gasteiger partial charge is 0.328 e. The first-order valence-electron chi connectivity index (χ1n) is 5.73. The van der Waals surface area contributed by atoms with E-state index in [1.807, 2.05) is 16.8 Å². The van der Waals surface area contributed by atoms with Crippen LogP contribution in [0.2, 0.25) is 0 Å². The van der Waals surface area contributed by atoms with Crippen LogP contribution in [0, 0.1) is 10.1 Å². The van der Waals surface area contributed by atoms with Gasteiger partial charge in [-0.3, -0.25) is 4.90 Å². The maximum absolute atomic E-state index is 10.6. The monoisotopic (exact) mass is 286 g/mol. The van der Waals surface area contributed by atoms with Crippen molar-refractivity contribution < 1.29 is 5.03 Å². The molecule has 8 nitrogen and oxygen atoms in total. The molecule has 0 atom stereocenters. The van der Waals surface area contributed by atoms with Crippen LogP contribution in [0.5, 0.6) is 0 Å². The van der Waals surface area contributed by atoms with E-state index in [-0.39, 0.29) is 0 Å². The quantitative estimate of drug-likeness (QED) is 0.559. The number of nitro groups is 1. The lowest BCUT2D eigenvalue weighted by Crippen LogP contribution is -2.56. The first kappa shape index (κ1) is 13.8. The number of hydrogen-bond acceptors (Lipinski definition) is 4. The van der Waals surface area contributed by atoms with E-state index >= 15 is 0 Å². The van der Waals surface area contributed by atoms with Gasteiger partial charge in [-0.1, -0.05) is 11.6 Å². The highest BCUT2D eigenvalue weighted by atomic mass is 35.5. The Morgan fingerprint density at radius 3 is 2.84 bits per heavy atom. The van der Waals surface area contributed by atoms with Gasteiger partial charge < -0.3 is 9.80 Å². The van der Waals surface area contributed by atoms with Gasteiger partial charge in [-0.15, -0.1) is 0 Å². The van der Waals surface area contributed by atoms with E-state index in [2.05, 4.69) is 10.1 Å². The Bertz CT molecular complexity index is 475. The predicted octanol–water partition coefficient (Wildman–Crippen LogP) is 0.553. The van der Waals surface area contributed by atoms with Crippen LogP contribution in [0.25, 0.3) is 0 Å². The molecular formula is C10H15ClN6O2. The Kier molecular flexibility index (Phi) is 4.01. The van der Waals surface area contributed by atoms with Crippen molar-refractivity contribution in [2.45, 2.75) is 6.42 Å². The molecule has 0 saturated carbocycles. The van der Waals surface area contributed by atoms with Crippen LogP contribution in [0.1, 0.15) is 6.42 Å². The summed E-state index contributed by atoms with van der Waals surface area (Å²) in [6, 6.07) is 0. The minimum absolute atomic E-state index is 0.354. The zero-order valence-corrected chi connectivity index (χ0v) is 11.5. The van der Waals surface area contributed by atoms with Crippen LogP contribution in [-0.4, -0.2) is 64.8 Å². The van der Waals surface area contributed by atoms with Gasteiger partial charge in [0.05, 0.1) is 13.3 Å². The van der Waals surface area contributed by atoms with Gasteiger partial charge in [-0.2, -0.15) is 0 Å². The maximum Gasteiger partial charge on any atom is 0.276 e. The molecule has 2 aliphatic heterocycles. The van der Waals surface area contributed by atoms with Crippen molar-refractivity contribution in [3.05, 3.63) is 21.9 Å². The third-order valence-electron chi connectivity index (χ3n) is 2.82. The summed E-state index contributed by atoms with van der Waals surface area (Å²) >= 11 is 5.82. The second kappa shape index (κ2) is 5.54. The fourth-order valence-corrected chi connectivity index (χ4v) is 2.40. The molecule has 0 aromatic rings. The van der Waals surface area contributed by atoms with Crippen molar-refractivity contribution >= 4 is 22.7 Å². The van der Waals surface area contributed by atoms with E-state index in [1.165, 1.54) is 0 Å². The third-order valence-corrected chi connectivity index (χ3v) is 3.05. The van der Waals surface area contributed by atoms with Crippen LogP contribution < -0.4 is 0 Å². The minimum atomic E-state index is -0.670. The van der Waals surface area contributed by atoms with Crippen LogP contribution >= 0.6 is 11.6 Å². The van der Waals surface area contributed by atoms with Gasteiger partial charge >= 0.3 is 0 Å². The van der Waals surface area contributed by atoms with Gasteiger partial charge in [-0.25, -0.2) is 15.1 Å². The van der Waals surface area contributed by atoms with E-state index in [1.54, 1.807) is 18.1 Å². The van der Waals surface area contributed by atoms with Crippen LogP contribution in [-0.2, 0) is 0 Å². The Labute approximate surface area is 115 Å². The van der Waals surface area contributed by atoms with E-state index in [4.69, 9.17) is 11.6 Å². The van der Waals surface area contributed by atoms with Crippen molar-refractivity contribution in [2.75, 3.05) is 34.0 Å². The highest BCUT2D eigenvalue weighted by molar-refractivity contribution is 6.66. The lowest BCUT2D eigenvalue weighted by molar-refractivity contribution is -0.486. The molecule has 2 rings (SSSR count). The Morgan fingerprint density at radius 2 is 2.26 bits per heavy atom. The third kappa shape index (κ3) is 3.42. The van der Waals surface area contributed by atoms with E-state index in [9.17, 15) is 10.1 Å². The summed E-state index contributed by atoms with van der Waals surface area (Å²) in [6.45, 7) is 1.70. The summed E-state index contributed by atoms with van der Waals surface area (Å²) in [5.74, 6) is 0.354. The van der Waals surface area contributed by atoms with Gasteiger partial charge in [-0.05, 0) is 12.6 Å². The molecule has 9 heteroatoms. The molecule has 19 heavy (non-hydrogen) atoms. The predicted molar refractivity (Wildman–Crippen MR) is 72.4 cm³/mol. The normalized spacial score (nSPS) is 22.8.